The Balaban J connectivity index is 2.07. The monoisotopic (exact) mass is 237 g/mol. The van der Waals surface area contributed by atoms with Gasteiger partial charge in [-0.2, -0.15) is 0 Å². The molecule has 3 heteroatoms. The zero-order chi connectivity index (χ0) is 11.6. The van der Waals surface area contributed by atoms with E-state index in [4.69, 9.17) is 0 Å². The Morgan fingerprint density at radius 2 is 2.19 bits per heavy atom. The Labute approximate surface area is 101 Å². The molecule has 1 fully saturated rings. The van der Waals surface area contributed by atoms with Crippen molar-refractivity contribution < 1.29 is 4.79 Å². The second-order valence-corrected chi connectivity index (χ2v) is 5.77. The van der Waals surface area contributed by atoms with Crippen molar-refractivity contribution in [2.75, 3.05) is 0 Å². The van der Waals surface area contributed by atoms with E-state index in [1.165, 1.54) is 12.8 Å². The second kappa shape index (κ2) is 4.66. The van der Waals surface area contributed by atoms with E-state index in [0.29, 0.717) is 12.2 Å². The summed E-state index contributed by atoms with van der Waals surface area (Å²) < 4.78 is 0. The molecule has 2 rings (SSSR count). The smallest absolute Gasteiger partial charge is 0.145 e. The molecular formula is C13H19NOS. The fraction of sp³-hybridized carbons (Fsp3) is 0.692. The molecule has 0 atom stereocenters. The molecule has 0 saturated heterocycles. The fourth-order valence-electron chi connectivity index (χ4n) is 2.69. The third-order valence-corrected chi connectivity index (χ3v) is 4.77. The lowest BCUT2D eigenvalue weighted by molar-refractivity contribution is -0.128. The van der Waals surface area contributed by atoms with Gasteiger partial charge < -0.3 is 0 Å². The van der Waals surface area contributed by atoms with Crippen LogP contribution >= 0.6 is 11.3 Å². The fourth-order valence-corrected chi connectivity index (χ4v) is 3.46. The van der Waals surface area contributed by atoms with Gasteiger partial charge in [0.05, 0.1) is 6.42 Å². The van der Waals surface area contributed by atoms with E-state index in [1.807, 2.05) is 12.3 Å². The van der Waals surface area contributed by atoms with Crippen LogP contribution in [-0.4, -0.2) is 10.8 Å². The van der Waals surface area contributed by atoms with Crippen LogP contribution in [0.3, 0.4) is 0 Å². The molecule has 0 radical (unpaired) electrons. The van der Waals surface area contributed by atoms with Crippen LogP contribution in [0.15, 0.2) is 5.38 Å². The van der Waals surface area contributed by atoms with Gasteiger partial charge in [-0.1, -0.05) is 19.8 Å². The number of aromatic nitrogens is 1. The van der Waals surface area contributed by atoms with E-state index in [2.05, 4.69) is 11.9 Å². The Hall–Kier alpha value is -0.700. The summed E-state index contributed by atoms with van der Waals surface area (Å²) in [6.45, 7) is 4.13. The molecule has 1 heterocycles. The van der Waals surface area contributed by atoms with Crippen molar-refractivity contribution >= 4 is 17.1 Å². The van der Waals surface area contributed by atoms with E-state index in [0.717, 1.165) is 30.0 Å². The molecule has 16 heavy (non-hydrogen) atoms. The Bertz CT molecular complexity index is 377. The molecule has 0 aliphatic heterocycles. The number of ketones is 1. The van der Waals surface area contributed by atoms with Gasteiger partial charge in [0.1, 0.15) is 10.8 Å². The third-order valence-electron chi connectivity index (χ3n) is 3.81. The SMILES string of the molecule is CCC1(C(=O)Cc2nc(C)cs2)CCCC1. The molecule has 1 aliphatic carbocycles. The molecular weight excluding hydrogens is 218 g/mol. The first kappa shape index (κ1) is 11.8. The number of hydrogen-bond acceptors (Lipinski definition) is 3. The van der Waals surface area contributed by atoms with Gasteiger partial charge in [-0.3, -0.25) is 4.79 Å². The van der Waals surface area contributed by atoms with Gasteiger partial charge in [0.15, 0.2) is 0 Å². The number of hydrogen-bond donors (Lipinski definition) is 0. The lowest BCUT2D eigenvalue weighted by Gasteiger charge is -2.25. The Morgan fingerprint density at radius 1 is 1.50 bits per heavy atom. The first-order valence-electron chi connectivity index (χ1n) is 6.10. The number of nitrogens with zero attached hydrogens (tertiary/aromatic N) is 1. The van der Waals surface area contributed by atoms with Crippen molar-refractivity contribution in [3.63, 3.8) is 0 Å². The summed E-state index contributed by atoms with van der Waals surface area (Å²) in [6, 6.07) is 0. The maximum absolute atomic E-state index is 12.3. The molecule has 1 aliphatic rings. The van der Waals surface area contributed by atoms with Crippen LogP contribution < -0.4 is 0 Å². The highest BCUT2D eigenvalue weighted by molar-refractivity contribution is 7.09. The normalized spacial score (nSPS) is 18.9. The zero-order valence-corrected chi connectivity index (χ0v) is 10.9. The van der Waals surface area contributed by atoms with E-state index in [-0.39, 0.29) is 5.41 Å². The number of thiazole rings is 1. The summed E-state index contributed by atoms with van der Waals surface area (Å²) in [6.07, 6.45) is 6.16. The van der Waals surface area contributed by atoms with Crippen LogP contribution in [0.1, 0.15) is 49.7 Å². The van der Waals surface area contributed by atoms with Gasteiger partial charge >= 0.3 is 0 Å². The summed E-state index contributed by atoms with van der Waals surface area (Å²) in [7, 11) is 0. The highest BCUT2D eigenvalue weighted by Crippen LogP contribution is 2.42. The molecule has 0 bridgehead atoms. The lowest BCUT2D eigenvalue weighted by Crippen LogP contribution is -2.28. The number of Topliss-reactive ketones (excluding diaryl/α,β-unsaturated/α-hetero) is 1. The van der Waals surface area contributed by atoms with E-state index in [1.54, 1.807) is 11.3 Å². The maximum atomic E-state index is 12.3. The van der Waals surface area contributed by atoms with Crippen LogP contribution in [0.5, 0.6) is 0 Å². The van der Waals surface area contributed by atoms with Gasteiger partial charge in [0, 0.05) is 16.5 Å². The highest BCUT2D eigenvalue weighted by atomic mass is 32.1. The molecule has 0 aromatic carbocycles. The van der Waals surface area contributed by atoms with Crippen LogP contribution in [0.25, 0.3) is 0 Å². The molecule has 1 aromatic rings. The molecule has 1 aromatic heterocycles. The molecule has 88 valence electrons. The largest absolute Gasteiger partial charge is 0.299 e. The second-order valence-electron chi connectivity index (χ2n) is 4.82. The van der Waals surface area contributed by atoms with Gasteiger partial charge in [-0.05, 0) is 26.2 Å². The van der Waals surface area contributed by atoms with Crippen molar-refractivity contribution in [2.24, 2.45) is 5.41 Å². The number of rotatable bonds is 4. The number of carbonyl (C=O) groups is 1. The molecule has 2 nitrogen and oxygen atoms in total. The van der Waals surface area contributed by atoms with Crippen molar-refractivity contribution in [1.29, 1.82) is 0 Å². The first-order chi connectivity index (χ1) is 7.66. The number of aryl methyl sites for hydroxylation is 1. The number of carbonyl (C=O) groups excluding carboxylic acids is 1. The average Bonchev–Trinajstić information content (AvgIpc) is 2.88. The van der Waals surface area contributed by atoms with Crippen molar-refractivity contribution in [1.82, 2.24) is 4.98 Å². The van der Waals surface area contributed by atoms with Crippen molar-refractivity contribution in [3.05, 3.63) is 16.1 Å². The molecule has 0 spiro atoms. The van der Waals surface area contributed by atoms with Gasteiger partial charge in [0.25, 0.3) is 0 Å². The minimum atomic E-state index is -0.0143. The van der Waals surface area contributed by atoms with Crippen LogP contribution in [-0.2, 0) is 11.2 Å². The maximum Gasteiger partial charge on any atom is 0.145 e. The predicted octanol–water partition coefficient (Wildman–Crippen LogP) is 3.53. The molecule has 0 N–H and O–H groups in total. The minimum absolute atomic E-state index is 0.0143. The summed E-state index contributed by atoms with van der Waals surface area (Å²) >= 11 is 1.61. The van der Waals surface area contributed by atoms with Crippen LogP contribution in [0.4, 0.5) is 0 Å². The van der Waals surface area contributed by atoms with Crippen LogP contribution in [0.2, 0.25) is 0 Å². The van der Waals surface area contributed by atoms with E-state index in [9.17, 15) is 4.79 Å². The van der Waals surface area contributed by atoms with Gasteiger partial charge in [-0.25, -0.2) is 4.98 Å². The van der Waals surface area contributed by atoms with Crippen molar-refractivity contribution in [2.45, 2.75) is 52.4 Å². The van der Waals surface area contributed by atoms with E-state index >= 15 is 0 Å². The standard InChI is InChI=1S/C13H19NOS/c1-3-13(6-4-5-7-13)11(15)8-12-14-10(2)9-16-12/h9H,3-8H2,1-2H3. The zero-order valence-electron chi connectivity index (χ0n) is 10.1. The third kappa shape index (κ3) is 2.19. The average molecular weight is 237 g/mol. The lowest BCUT2D eigenvalue weighted by atomic mass is 9.78. The Morgan fingerprint density at radius 3 is 2.69 bits per heavy atom. The highest BCUT2D eigenvalue weighted by Gasteiger charge is 2.38. The summed E-state index contributed by atoms with van der Waals surface area (Å²) in [4.78, 5) is 16.7. The first-order valence-corrected chi connectivity index (χ1v) is 6.98. The quantitative estimate of drug-likeness (QED) is 0.801. The molecule has 0 amide bonds. The topological polar surface area (TPSA) is 30.0 Å². The van der Waals surface area contributed by atoms with Gasteiger partial charge in [0.2, 0.25) is 0 Å². The summed E-state index contributed by atoms with van der Waals surface area (Å²) in [5, 5.41) is 3.01. The van der Waals surface area contributed by atoms with Gasteiger partial charge in [-0.15, -0.1) is 11.3 Å². The summed E-state index contributed by atoms with van der Waals surface area (Å²) in [5.74, 6) is 0.418. The predicted molar refractivity (Wildman–Crippen MR) is 66.8 cm³/mol. The van der Waals surface area contributed by atoms with Crippen LogP contribution in [0, 0.1) is 12.3 Å². The van der Waals surface area contributed by atoms with E-state index < -0.39 is 0 Å². The Kier molecular flexibility index (Phi) is 3.43. The molecule has 1 saturated carbocycles. The molecule has 0 unspecified atom stereocenters. The minimum Gasteiger partial charge on any atom is -0.299 e. The van der Waals surface area contributed by atoms with Crippen molar-refractivity contribution in [3.8, 4) is 0 Å². The summed E-state index contributed by atoms with van der Waals surface area (Å²) in [5.41, 5.74) is 1.02.